The Kier molecular flexibility index (Phi) is 2.74. The fourth-order valence-corrected chi connectivity index (χ4v) is 2.22. The van der Waals surface area contributed by atoms with Crippen molar-refractivity contribution in [2.75, 3.05) is 6.61 Å². The zero-order valence-electron chi connectivity index (χ0n) is 7.16. The molecule has 1 heterocycles. The van der Waals surface area contributed by atoms with Gasteiger partial charge in [-0.25, -0.2) is 0 Å². The van der Waals surface area contributed by atoms with Gasteiger partial charge in [0.1, 0.15) is 5.75 Å². The number of hydrogen-bond acceptors (Lipinski definition) is 2. The third-order valence-electron chi connectivity index (χ3n) is 2.22. The molecule has 0 amide bonds. The van der Waals surface area contributed by atoms with Crippen LogP contribution >= 0.6 is 22.6 Å². The first kappa shape index (κ1) is 9.27. The van der Waals surface area contributed by atoms with Gasteiger partial charge in [-0.1, -0.05) is 12.1 Å². The highest BCUT2D eigenvalue weighted by Gasteiger charge is 2.18. The zero-order valence-corrected chi connectivity index (χ0v) is 9.32. The standard InChI is InChI=1S/C10H11IO2/c11-8-4-1-3-7-9(12)5-2-6-13-10(7)8/h1,3-4,9,12H,2,5-6H2/t9-/m0/s1. The predicted molar refractivity (Wildman–Crippen MR) is 58.8 cm³/mol. The van der Waals surface area contributed by atoms with Crippen LogP contribution in [0.1, 0.15) is 24.5 Å². The molecular formula is C10H11IO2. The van der Waals surface area contributed by atoms with E-state index in [1.165, 1.54) is 0 Å². The molecule has 1 N–H and O–H groups in total. The second-order valence-corrected chi connectivity index (χ2v) is 4.33. The van der Waals surface area contributed by atoms with Gasteiger partial charge in [0.25, 0.3) is 0 Å². The van der Waals surface area contributed by atoms with E-state index in [1.54, 1.807) is 0 Å². The van der Waals surface area contributed by atoms with Crippen LogP contribution in [0.15, 0.2) is 18.2 Å². The number of aliphatic hydroxyl groups excluding tert-OH is 1. The van der Waals surface area contributed by atoms with Crippen molar-refractivity contribution >= 4 is 22.6 Å². The van der Waals surface area contributed by atoms with Crippen molar-refractivity contribution in [1.29, 1.82) is 0 Å². The summed E-state index contributed by atoms with van der Waals surface area (Å²) in [6, 6.07) is 5.89. The Morgan fingerprint density at radius 2 is 2.31 bits per heavy atom. The number of ether oxygens (including phenoxy) is 1. The molecule has 1 aromatic rings. The van der Waals surface area contributed by atoms with E-state index >= 15 is 0 Å². The van der Waals surface area contributed by atoms with Crippen LogP contribution in [-0.2, 0) is 0 Å². The summed E-state index contributed by atoms with van der Waals surface area (Å²) < 4.78 is 6.66. The molecule has 0 aliphatic carbocycles. The molecule has 0 fully saturated rings. The van der Waals surface area contributed by atoms with Crippen molar-refractivity contribution in [3.05, 3.63) is 27.3 Å². The van der Waals surface area contributed by atoms with Gasteiger partial charge in [-0.2, -0.15) is 0 Å². The third-order valence-corrected chi connectivity index (χ3v) is 3.07. The molecule has 1 aliphatic rings. The summed E-state index contributed by atoms with van der Waals surface area (Å²) in [5, 5.41) is 9.78. The maximum Gasteiger partial charge on any atom is 0.138 e. The maximum atomic E-state index is 9.78. The van der Waals surface area contributed by atoms with Crippen molar-refractivity contribution in [3.63, 3.8) is 0 Å². The number of hydrogen-bond donors (Lipinski definition) is 1. The Balaban J connectivity index is 2.47. The minimum absolute atomic E-state index is 0.354. The monoisotopic (exact) mass is 290 g/mol. The van der Waals surface area contributed by atoms with Crippen molar-refractivity contribution in [3.8, 4) is 5.75 Å². The topological polar surface area (TPSA) is 29.5 Å². The summed E-state index contributed by atoms with van der Waals surface area (Å²) in [6.07, 6.45) is 1.37. The molecule has 0 bridgehead atoms. The molecule has 0 radical (unpaired) electrons. The Labute approximate surface area is 91.1 Å². The third kappa shape index (κ3) is 1.81. The Morgan fingerprint density at radius 1 is 1.46 bits per heavy atom. The average molecular weight is 290 g/mol. The molecule has 0 unspecified atom stereocenters. The quantitative estimate of drug-likeness (QED) is 0.744. The van der Waals surface area contributed by atoms with Crippen LogP contribution in [0.2, 0.25) is 0 Å². The van der Waals surface area contributed by atoms with E-state index in [4.69, 9.17) is 4.74 Å². The first-order valence-electron chi connectivity index (χ1n) is 4.38. The molecule has 70 valence electrons. The summed E-state index contributed by atoms with van der Waals surface area (Å²) in [4.78, 5) is 0. The van der Waals surface area contributed by atoms with Crippen LogP contribution in [0.5, 0.6) is 5.75 Å². The van der Waals surface area contributed by atoms with Gasteiger partial charge in [0.15, 0.2) is 0 Å². The first-order valence-corrected chi connectivity index (χ1v) is 5.46. The fraction of sp³-hybridized carbons (Fsp3) is 0.400. The van der Waals surface area contributed by atoms with Crippen molar-refractivity contribution in [2.45, 2.75) is 18.9 Å². The fourth-order valence-electron chi connectivity index (χ4n) is 1.55. The van der Waals surface area contributed by atoms with Crippen LogP contribution in [0.25, 0.3) is 0 Å². The second-order valence-electron chi connectivity index (χ2n) is 3.16. The van der Waals surface area contributed by atoms with E-state index in [9.17, 15) is 5.11 Å². The number of halogens is 1. The molecule has 1 aromatic carbocycles. The van der Waals surface area contributed by atoms with Crippen LogP contribution < -0.4 is 4.74 Å². The minimum atomic E-state index is -0.354. The van der Waals surface area contributed by atoms with Crippen LogP contribution in [-0.4, -0.2) is 11.7 Å². The van der Waals surface area contributed by atoms with Gasteiger partial charge in [0.05, 0.1) is 16.3 Å². The average Bonchev–Trinajstić information content (AvgIpc) is 2.30. The zero-order chi connectivity index (χ0) is 9.26. The molecule has 0 saturated carbocycles. The summed E-state index contributed by atoms with van der Waals surface area (Å²) in [6.45, 7) is 0.712. The largest absolute Gasteiger partial charge is 0.492 e. The van der Waals surface area contributed by atoms with E-state index < -0.39 is 0 Å². The summed E-state index contributed by atoms with van der Waals surface area (Å²) in [5.41, 5.74) is 0.935. The lowest BCUT2D eigenvalue weighted by Crippen LogP contribution is -1.97. The number of fused-ring (bicyclic) bond motifs is 1. The lowest BCUT2D eigenvalue weighted by molar-refractivity contribution is 0.167. The van der Waals surface area contributed by atoms with Gasteiger partial charge in [0.2, 0.25) is 0 Å². The van der Waals surface area contributed by atoms with Crippen molar-refractivity contribution in [1.82, 2.24) is 0 Å². The first-order chi connectivity index (χ1) is 6.29. The lowest BCUT2D eigenvalue weighted by atomic mass is 10.1. The van der Waals surface area contributed by atoms with Gasteiger partial charge in [-0.3, -0.25) is 0 Å². The Morgan fingerprint density at radius 3 is 3.15 bits per heavy atom. The molecule has 0 spiro atoms. The molecule has 13 heavy (non-hydrogen) atoms. The van der Waals surface area contributed by atoms with E-state index in [1.807, 2.05) is 18.2 Å². The molecular weight excluding hydrogens is 279 g/mol. The Bertz CT molecular complexity index is 312. The second kappa shape index (κ2) is 3.84. The summed E-state index contributed by atoms with van der Waals surface area (Å²) in [7, 11) is 0. The van der Waals surface area contributed by atoms with Crippen molar-refractivity contribution < 1.29 is 9.84 Å². The van der Waals surface area contributed by atoms with Crippen LogP contribution in [0.4, 0.5) is 0 Å². The SMILES string of the molecule is O[C@H]1CCCOc2c(I)cccc21. The van der Waals surface area contributed by atoms with Gasteiger partial charge in [-0.05, 0) is 41.5 Å². The van der Waals surface area contributed by atoms with Crippen LogP contribution in [0.3, 0.4) is 0 Å². The molecule has 2 nitrogen and oxygen atoms in total. The normalized spacial score (nSPS) is 21.5. The molecule has 2 rings (SSSR count). The van der Waals surface area contributed by atoms with Crippen LogP contribution in [0, 0.1) is 3.57 Å². The Hall–Kier alpha value is -0.290. The van der Waals surface area contributed by atoms with Gasteiger partial charge < -0.3 is 9.84 Å². The number of rotatable bonds is 0. The predicted octanol–water partition coefficient (Wildman–Crippen LogP) is 2.50. The number of para-hydroxylation sites is 1. The molecule has 3 heteroatoms. The van der Waals surface area contributed by atoms with Gasteiger partial charge in [0, 0.05) is 5.56 Å². The van der Waals surface area contributed by atoms with Crippen molar-refractivity contribution in [2.24, 2.45) is 0 Å². The molecule has 1 aliphatic heterocycles. The van der Waals surface area contributed by atoms with E-state index in [0.717, 1.165) is 27.7 Å². The molecule has 0 aromatic heterocycles. The maximum absolute atomic E-state index is 9.78. The highest BCUT2D eigenvalue weighted by Crippen LogP contribution is 2.34. The summed E-state index contributed by atoms with van der Waals surface area (Å²) >= 11 is 2.23. The smallest absolute Gasteiger partial charge is 0.138 e. The lowest BCUT2D eigenvalue weighted by Gasteiger charge is -2.11. The summed E-state index contributed by atoms with van der Waals surface area (Å²) in [5.74, 6) is 0.869. The van der Waals surface area contributed by atoms with E-state index in [2.05, 4.69) is 22.6 Å². The number of aliphatic hydroxyl groups is 1. The van der Waals surface area contributed by atoms with Gasteiger partial charge in [-0.15, -0.1) is 0 Å². The van der Waals surface area contributed by atoms with E-state index in [0.29, 0.717) is 6.61 Å². The highest BCUT2D eigenvalue weighted by molar-refractivity contribution is 14.1. The molecule has 1 atom stereocenters. The highest BCUT2D eigenvalue weighted by atomic mass is 127. The minimum Gasteiger partial charge on any atom is -0.492 e. The number of benzene rings is 1. The molecule has 0 saturated heterocycles. The van der Waals surface area contributed by atoms with Gasteiger partial charge >= 0.3 is 0 Å². The van der Waals surface area contributed by atoms with E-state index in [-0.39, 0.29) is 6.10 Å².